The standard InChI is InChI=1S/C15H23NO6/c1-18-8-11-12(19-2)13(14(20-3)15(17)22-11)21-10-6-4-9(16)5-7-10/h4-7,11-15,17H,8,16H2,1-3H3/t11-,12+,13+,14-,15+/m1/s1. The van der Waals surface area contributed by atoms with Crippen LogP contribution in [0.5, 0.6) is 5.75 Å². The van der Waals surface area contributed by atoms with E-state index in [1.807, 2.05) is 0 Å². The molecule has 1 aliphatic rings. The Morgan fingerprint density at radius 2 is 1.68 bits per heavy atom. The monoisotopic (exact) mass is 313 g/mol. The number of ether oxygens (including phenoxy) is 5. The Kier molecular flexibility index (Phi) is 5.98. The maximum Gasteiger partial charge on any atom is 0.185 e. The van der Waals surface area contributed by atoms with E-state index in [2.05, 4.69) is 0 Å². The highest BCUT2D eigenvalue weighted by atomic mass is 16.7. The van der Waals surface area contributed by atoms with Crippen LogP contribution in [-0.2, 0) is 18.9 Å². The number of benzene rings is 1. The summed E-state index contributed by atoms with van der Waals surface area (Å²) < 4.78 is 27.4. The zero-order chi connectivity index (χ0) is 16.1. The summed E-state index contributed by atoms with van der Waals surface area (Å²) in [6.45, 7) is 0.271. The van der Waals surface area contributed by atoms with Gasteiger partial charge in [0.1, 0.15) is 24.1 Å². The van der Waals surface area contributed by atoms with Crippen molar-refractivity contribution in [2.75, 3.05) is 33.7 Å². The molecule has 1 aromatic rings. The summed E-state index contributed by atoms with van der Waals surface area (Å²) in [5, 5.41) is 10.1. The Labute approximate surface area is 129 Å². The first-order valence-electron chi connectivity index (χ1n) is 7.01. The molecule has 0 unspecified atom stereocenters. The zero-order valence-corrected chi connectivity index (χ0v) is 13.0. The lowest BCUT2D eigenvalue weighted by molar-refractivity contribution is -0.292. The molecule has 1 fully saturated rings. The van der Waals surface area contributed by atoms with Crippen LogP contribution in [0.4, 0.5) is 5.69 Å². The summed E-state index contributed by atoms with van der Waals surface area (Å²) >= 11 is 0. The molecule has 22 heavy (non-hydrogen) atoms. The molecular weight excluding hydrogens is 290 g/mol. The summed E-state index contributed by atoms with van der Waals surface area (Å²) in [6.07, 6.45) is -3.28. The molecule has 1 aromatic carbocycles. The lowest BCUT2D eigenvalue weighted by atomic mass is 9.98. The van der Waals surface area contributed by atoms with E-state index in [1.165, 1.54) is 7.11 Å². The summed E-state index contributed by atoms with van der Waals surface area (Å²) in [4.78, 5) is 0. The van der Waals surface area contributed by atoms with Crippen molar-refractivity contribution in [2.24, 2.45) is 0 Å². The molecule has 0 aliphatic carbocycles. The van der Waals surface area contributed by atoms with E-state index in [0.717, 1.165) is 0 Å². The molecule has 0 spiro atoms. The maximum atomic E-state index is 10.1. The van der Waals surface area contributed by atoms with Crippen molar-refractivity contribution in [1.29, 1.82) is 0 Å². The SMILES string of the molecule is COC[C@H]1O[C@H](O)[C@H](OC)[C@@H](Oc2ccc(N)cc2)[C@H]1OC. The van der Waals surface area contributed by atoms with Gasteiger partial charge in [0, 0.05) is 27.0 Å². The van der Waals surface area contributed by atoms with Gasteiger partial charge in [-0.25, -0.2) is 0 Å². The Balaban J connectivity index is 2.22. The lowest BCUT2D eigenvalue weighted by Crippen LogP contribution is -2.61. The summed E-state index contributed by atoms with van der Waals surface area (Å²) in [5.74, 6) is 0.605. The number of anilines is 1. The molecule has 0 amide bonds. The first-order chi connectivity index (χ1) is 10.6. The molecular formula is C15H23NO6. The molecule has 0 aromatic heterocycles. The van der Waals surface area contributed by atoms with E-state index in [-0.39, 0.29) is 6.61 Å². The van der Waals surface area contributed by atoms with Crippen molar-refractivity contribution in [3.8, 4) is 5.75 Å². The molecule has 1 aliphatic heterocycles. The van der Waals surface area contributed by atoms with Crippen LogP contribution in [0, 0.1) is 0 Å². The predicted molar refractivity (Wildman–Crippen MR) is 79.6 cm³/mol. The van der Waals surface area contributed by atoms with Crippen LogP contribution in [0.15, 0.2) is 24.3 Å². The van der Waals surface area contributed by atoms with E-state index in [4.69, 9.17) is 29.4 Å². The number of rotatable bonds is 6. The molecule has 2 rings (SSSR count). The van der Waals surface area contributed by atoms with Gasteiger partial charge in [0.2, 0.25) is 0 Å². The van der Waals surface area contributed by atoms with Crippen LogP contribution in [0.2, 0.25) is 0 Å². The third-order valence-electron chi connectivity index (χ3n) is 3.64. The van der Waals surface area contributed by atoms with E-state index in [0.29, 0.717) is 11.4 Å². The number of aliphatic hydroxyl groups excluding tert-OH is 1. The highest BCUT2D eigenvalue weighted by molar-refractivity contribution is 5.41. The van der Waals surface area contributed by atoms with Crippen molar-refractivity contribution in [2.45, 2.75) is 30.7 Å². The number of nitrogens with two attached hydrogens (primary N) is 1. The van der Waals surface area contributed by atoms with E-state index in [1.54, 1.807) is 38.5 Å². The molecule has 0 bridgehead atoms. The fraction of sp³-hybridized carbons (Fsp3) is 0.600. The summed E-state index contributed by atoms with van der Waals surface area (Å²) in [7, 11) is 4.60. The minimum absolute atomic E-state index is 0.271. The van der Waals surface area contributed by atoms with Gasteiger partial charge in [0.25, 0.3) is 0 Å². The van der Waals surface area contributed by atoms with Crippen molar-refractivity contribution in [3.05, 3.63) is 24.3 Å². The molecule has 5 atom stereocenters. The highest BCUT2D eigenvalue weighted by Crippen LogP contribution is 2.28. The molecule has 0 saturated carbocycles. The maximum absolute atomic E-state index is 10.1. The van der Waals surface area contributed by atoms with Crippen molar-refractivity contribution < 1.29 is 28.8 Å². The first kappa shape index (κ1) is 17.0. The molecule has 0 radical (unpaired) electrons. The molecule has 3 N–H and O–H groups in total. The van der Waals surface area contributed by atoms with Gasteiger partial charge in [-0.05, 0) is 24.3 Å². The third-order valence-corrected chi connectivity index (χ3v) is 3.64. The summed E-state index contributed by atoms with van der Waals surface area (Å²) in [5.41, 5.74) is 6.31. The number of hydrogen-bond donors (Lipinski definition) is 2. The van der Waals surface area contributed by atoms with E-state index >= 15 is 0 Å². The van der Waals surface area contributed by atoms with Crippen LogP contribution >= 0.6 is 0 Å². The van der Waals surface area contributed by atoms with Crippen molar-refractivity contribution >= 4 is 5.69 Å². The van der Waals surface area contributed by atoms with E-state index in [9.17, 15) is 5.11 Å². The number of nitrogen functional groups attached to an aromatic ring is 1. The van der Waals surface area contributed by atoms with Gasteiger partial charge in [-0.1, -0.05) is 0 Å². The Morgan fingerprint density at radius 3 is 2.23 bits per heavy atom. The average molecular weight is 313 g/mol. The Hall–Kier alpha value is -1.38. The fourth-order valence-corrected chi connectivity index (χ4v) is 2.57. The quantitative estimate of drug-likeness (QED) is 0.735. The van der Waals surface area contributed by atoms with Gasteiger partial charge in [-0.2, -0.15) is 0 Å². The molecule has 1 heterocycles. The van der Waals surface area contributed by atoms with Crippen LogP contribution in [0.1, 0.15) is 0 Å². The molecule has 7 nitrogen and oxygen atoms in total. The van der Waals surface area contributed by atoms with Crippen molar-refractivity contribution in [1.82, 2.24) is 0 Å². The second-order valence-electron chi connectivity index (χ2n) is 5.07. The predicted octanol–water partition coefficient (Wildman–Crippen LogP) is 0.410. The van der Waals surface area contributed by atoms with Gasteiger partial charge in [0.05, 0.1) is 6.61 Å². The Morgan fingerprint density at radius 1 is 1.05 bits per heavy atom. The average Bonchev–Trinajstić information content (AvgIpc) is 2.50. The van der Waals surface area contributed by atoms with Gasteiger partial charge in [-0.15, -0.1) is 0 Å². The van der Waals surface area contributed by atoms with Crippen molar-refractivity contribution in [3.63, 3.8) is 0 Å². The Bertz CT molecular complexity index is 454. The molecule has 1 saturated heterocycles. The van der Waals surface area contributed by atoms with Gasteiger partial charge < -0.3 is 34.5 Å². The smallest absolute Gasteiger partial charge is 0.185 e. The van der Waals surface area contributed by atoms with Crippen LogP contribution in [0.25, 0.3) is 0 Å². The lowest BCUT2D eigenvalue weighted by Gasteiger charge is -2.43. The number of hydrogen-bond acceptors (Lipinski definition) is 7. The molecule has 124 valence electrons. The van der Waals surface area contributed by atoms with Crippen LogP contribution in [0.3, 0.4) is 0 Å². The van der Waals surface area contributed by atoms with Crippen LogP contribution in [-0.4, -0.2) is 63.7 Å². The minimum atomic E-state index is -1.13. The van der Waals surface area contributed by atoms with Gasteiger partial charge in [-0.3, -0.25) is 0 Å². The number of methoxy groups -OCH3 is 3. The largest absolute Gasteiger partial charge is 0.485 e. The van der Waals surface area contributed by atoms with Gasteiger partial charge in [0.15, 0.2) is 12.4 Å². The van der Waals surface area contributed by atoms with Gasteiger partial charge >= 0.3 is 0 Å². The second kappa shape index (κ2) is 7.75. The zero-order valence-electron chi connectivity index (χ0n) is 13.0. The minimum Gasteiger partial charge on any atom is -0.485 e. The van der Waals surface area contributed by atoms with Crippen LogP contribution < -0.4 is 10.5 Å². The third kappa shape index (κ3) is 3.68. The second-order valence-corrected chi connectivity index (χ2v) is 5.07. The highest BCUT2D eigenvalue weighted by Gasteiger charge is 2.47. The topological polar surface area (TPSA) is 92.4 Å². The summed E-state index contributed by atoms with van der Waals surface area (Å²) in [6, 6.07) is 6.98. The number of aliphatic hydroxyl groups is 1. The normalized spacial score (nSPS) is 31.9. The first-order valence-corrected chi connectivity index (χ1v) is 7.01. The molecule has 7 heteroatoms. The fourth-order valence-electron chi connectivity index (χ4n) is 2.57. The van der Waals surface area contributed by atoms with E-state index < -0.39 is 30.7 Å².